The number of aromatic nitrogens is 2. The van der Waals surface area contributed by atoms with Crippen LogP contribution in [0.25, 0.3) is 11.3 Å². The summed E-state index contributed by atoms with van der Waals surface area (Å²) in [4.78, 5) is 24.0. The first kappa shape index (κ1) is 18.6. The Balaban J connectivity index is 1.55. The number of carbonyl (C=O) groups is 1. The van der Waals surface area contributed by atoms with Crippen molar-refractivity contribution >= 4 is 17.5 Å². The van der Waals surface area contributed by atoms with E-state index in [4.69, 9.17) is 11.6 Å². The van der Waals surface area contributed by atoms with Crippen LogP contribution < -0.4 is 0 Å². The second-order valence-electron chi connectivity index (χ2n) is 7.14. The summed E-state index contributed by atoms with van der Waals surface area (Å²) in [6.45, 7) is 1.48. The van der Waals surface area contributed by atoms with Crippen LogP contribution in [0.3, 0.4) is 0 Å². The second kappa shape index (κ2) is 8.53. The van der Waals surface area contributed by atoms with Crippen molar-refractivity contribution in [2.45, 2.75) is 25.2 Å². The molecule has 28 heavy (non-hydrogen) atoms. The van der Waals surface area contributed by atoms with E-state index in [0.717, 1.165) is 41.9 Å². The van der Waals surface area contributed by atoms with Crippen molar-refractivity contribution in [2.24, 2.45) is 0 Å². The van der Waals surface area contributed by atoms with Crippen molar-refractivity contribution in [1.82, 2.24) is 14.9 Å². The van der Waals surface area contributed by atoms with E-state index in [2.05, 4.69) is 9.97 Å². The van der Waals surface area contributed by atoms with Crippen LogP contribution in [0.15, 0.2) is 67.0 Å². The highest BCUT2D eigenvalue weighted by molar-refractivity contribution is 6.30. The lowest BCUT2D eigenvalue weighted by Crippen LogP contribution is -2.40. The number of benzene rings is 2. The van der Waals surface area contributed by atoms with Crippen molar-refractivity contribution in [2.75, 3.05) is 13.1 Å². The van der Waals surface area contributed by atoms with Crippen molar-refractivity contribution in [1.29, 1.82) is 0 Å². The molecule has 0 spiro atoms. The normalized spacial score (nSPS) is 16.8. The quantitative estimate of drug-likeness (QED) is 0.645. The molecule has 0 aliphatic carbocycles. The molecule has 1 fully saturated rings. The number of hydrogen-bond acceptors (Lipinski definition) is 3. The predicted octanol–water partition coefficient (Wildman–Crippen LogP) is 4.75. The molecule has 4 rings (SSSR count). The molecule has 0 saturated carbocycles. The third-order valence-corrected chi connectivity index (χ3v) is 5.42. The third-order valence-electron chi connectivity index (χ3n) is 5.18. The molecule has 3 aromatic rings. The Bertz CT molecular complexity index is 961. The van der Waals surface area contributed by atoms with E-state index in [1.165, 1.54) is 0 Å². The first-order valence-electron chi connectivity index (χ1n) is 9.59. The first-order chi connectivity index (χ1) is 13.7. The maximum absolute atomic E-state index is 12.8. The third kappa shape index (κ3) is 4.23. The maximum atomic E-state index is 12.8. The largest absolute Gasteiger partial charge is 0.342 e. The molecule has 0 N–H and O–H groups in total. The molecular formula is C23H22ClN3O. The van der Waals surface area contributed by atoms with Crippen LogP contribution in [-0.4, -0.2) is 33.9 Å². The Kier molecular flexibility index (Phi) is 5.68. The van der Waals surface area contributed by atoms with Gasteiger partial charge in [0.05, 0.1) is 17.8 Å². The van der Waals surface area contributed by atoms with Gasteiger partial charge in [-0.3, -0.25) is 14.8 Å². The minimum Gasteiger partial charge on any atom is -0.342 e. The van der Waals surface area contributed by atoms with Gasteiger partial charge >= 0.3 is 0 Å². The molecule has 2 heterocycles. The summed E-state index contributed by atoms with van der Waals surface area (Å²) < 4.78 is 0. The molecule has 142 valence electrons. The lowest BCUT2D eigenvalue weighted by molar-refractivity contribution is -0.131. The fourth-order valence-electron chi connectivity index (χ4n) is 3.81. The molecule has 1 aliphatic heterocycles. The number of likely N-dealkylation sites (tertiary alicyclic amines) is 1. The SMILES string of the molecule is O=C(Cc1ccccc1)N1CCCC(c2nccnc2-c2cccc(Cl)c2)C1. The Morgan fingerprint density at radius 3 is 2.71 bits per heavy atom. The van der Waals surface area contributed by atoms with Crippen LogP contribution in [0.4, 0.5) is 0 Å². The van der Waals surface area contributed by atoms with Gasteiger partial charge in [0.1, 0.15) is 0 Å². The summed E-state index contributed by atoms with van der Waals surface area (Å²) in [6.07, 6.45) is 5.85. The molecule has 0 radical (unpaired) electrons. The maximum Gasteiger partial charge on any atom is 0.227 e. The van der Waals surface area contributed by atoms with E-state index in [1.807, 2.05) is 59.5 Å². The van der Waals surface area contributed by atoms with Gasteiger partial charge in [0, 0.05) is 42.0 Å². The minimum atomic E-state index is 0.170. The van der Waals surface area contributed by atoms with Gasteiger partial charge < -0.3 is 4.90 Å². The summed E-state index contributed by atoms with van der Waals surface area (Å²) in [6, 6.07) is 17.6. The zero-order chi connectivity index (χ0) is 19.3. The van der Waals surface area contributed by atoms with Crippen LogP contribution >= 0.6 is 11.6 Å². The number of rotatable bonds is 4. The van der Waals surface area contributed by atoms with E-state index < -0.39 is 0 Å². The monoisotopic (exact) mass is 391 g/mol. The molecule has 2 aromatic carbocycles. The predicted molar refractivity (Wildman–Crippen MR) is 111 cm³/mol. The molecule has 1 atom stereocenters. The number of nitrogens with zero attached hydrogens (tertiary/aromatic N) is 3. The van der Waals surface area contributed by atoms with Gasteiger partial charge in [0.25, 0.3) is 0 Å². The van der Waals surface area contributed by atoms with Gasteiger partial charge in [-0.05, 0) is 30.5 Å². The van der Waals surface area contributed by atoms with Gasteiger partial charge in [0.2, 0.25) is 5.91 Å². The number of amides is 1. The average Bonchev–Trinajstić information content (AvgIpc) is 2.74. The van der Waals surface area contributed by atoms with Crippen molar-refractivity contribution < 1.29 is 4.79 Å². The Morgan fingerprint density at radius 1 is 1.07 bits per heavy atom. The topological polar surface area (TPSA) is 46.1 Å². The smallest absolute Gasteiger partial charge is 0.227 e. The van der Waals surface area contributed by atoms with Gasteiger partial charge in [-0.25, -0.2) is 0 Å². The summed E-state index contributed by atoms with van der Waals surface area (Å²) in [5, 5.41) is 0.678. The summed E-state index contributed by atoms with van der Waals surface area (Å²) in [5.41, 5.74) is 3.81. The van der Waals surface area contributed by atoms with Crippen LogP contribution in [0.5, 0.6) is 0 Å². The number of carbonyl (C=O) groups excluding carboxylic acids is 1. The molecule has 0 bridgehead atoms. The van der Waals surface area contributed by atoms with Gasteiger partial charge in [0.15, 0.2) is 0 Å². The van der Waals surface area contributed by atoms with E-state index in [9.17, 15) is 4.79 Å². The van der Waals surface area contributed by atoms with Crippen LogP contribution in [0.2, 0.25) is 5.02 Å². The zero-order valence-electron chi connectivity index (χ0n) is 15.6. The van der Waals surface area contributed by atoms with Crippen molar-refractivity contribution in [3.8, 4) is 11.3 Å². The van der Waals surface area contributed by atoms with E-state index >= 15 is 0 Å². The molecule has 1 aromatic heterocycles. The van der Waals surface area contributed by atoms with Gasteiger partial charge in [-0.15, -0.1) is 0 Å². The van der Waals surface area contributed by atoms with Crippen molar-refractivity contribution in [3.05, 3.63) is 83.3 Å². The van der Waals surface area contributed by atoms with Gasteiger partial charge in [-0.2, -0.15) is 0 Å². The van der Waals surface area contributed by atoms with Gasteiger partial charge in [-0.1, -0.05) is 54.1 Å². The van der Waals surface area contributed by atoms with E-state index in [1.54, 1.807) is 12.4 Å². The standard InChI is InChI=1S/C23H22ClN3O/c24-20-10-4-8-18(15-20)22-23(26-12-11-25-22)19-9-5-13-27(16-19)21(28)14-17-6-2-1-3-7-17/h1-4,6-8,10-12,15,19H,5,9,13-14,16H2. The highest BCUT2D eigenvalue weighted by atomic mass is 35.5. The molecule has 1 amide bonds. The Morgan fingerprint density at radius 2 is 1.89 bits per heavy atom. The van der Waals surface area contributed by atoms with E-state index in [0.29, 0.717) is 18.0 Å². The number of halogens is 1. The molecule has 5 heteroatoms. The number of hydrogen-bond donors (Lipinski definition) is 0. The van der Waals surface area contributed by atoms with Crippen molar-refractivity contribution in [3.63, 3.8) is 0 Å². The summed E-state index contributed by atoms with van der Waals surface area (Å²) in [7, 11) is 0. The Hall–Kier alpha value is -2.72. The fraction of sp³-hybridized carbons (Fsp3) is 0.261. The van der Waals surface area contributed by atoms with Crippen LogP contribution in [0.1, 0.15) is 30.0 Å². The molecule has 1 aliphatic rings. The highest BCUT2D eigenvalue weighted by Gasteiger charge is 2.28. The number of piperidine rings is 1. The lowest BCUT2D eigenvalue weighted by atomic mass is 9.91. The molecule has 1 unspecified atom stereocenters. The lowest BCUT2D eigenvalue weighted by Gasteiger charge is -2.33. The molecule has 4 nitrogen and oxygen atoms in total. The summed E-state index contributed by atoms with van der Waals surface area (Å²) >= 11 is 6.17. The van der Waals surface area contributed by atoms with Crippen LogP contribution in [0, 0.1) is 0 Å². The molecule has 1 saturated heterocycles. The molecular weight excluding hydrogens is 370 g/mol. The summed E-state index contributed by atoms with van der Waals surface area (Å²) in [5.74, 6) is 0.347. The minimum absolute atomic E-state index is 0.170. The average molecular weight is 392 g/mol. The second-order valence-corrected chi connectivity index (χ2v) is 7.58. The fourth-order valence-corrected chi connectivity index (χ4v) is 4.01. The first-order valence-corrected chi connectivity index (χ1v) is 9.97. The van der Waals surface area contributed by atoms with E-state index in [-0.39, 0.29) is 11.8 Å². The zero-order valence-corrected chi connectivity index (χ0v) is 16.3. The highest BCUT2D eigenvalue weighted by Crippen LogP contribution is 2.32. The van der Waals surface area contributed by atoms with Crippen LogP contribution in [-0.2, 0) is 11.2 Å². The Labute approximate surface area is 170 Å².